The summed E-state index contributed by atoms with van der Waals surface area (Å²) in [4.78, 5) is 7.00. The molecule has 88 valence electrons. The van der Waals surface area contributed by atoms with Crippen LogP contribution >= 0.6 is 15.9 Å². The van der Waals surface area contributed by atoms with Crippen LogP contribution in [0.5, 0.6) is 0 Å². The third-order valence-electron chi connectivity index (χ3n) is 3.57. The summed E-state index contributed by atoms with van der Waals surface area (Å²) in [5.74, 6) is 0. The number of aliphatic imine (C=N–C) groups is 1. The number of para-hydroxylation sites is 2. The summed E-state index contributed by atoms with van der Waals surface area (Å²) < 4.78 is 1.13. The van der Waals surface area contributed by atoms with Gasteiger partial charge in [-0.1, -0.05) is 28.1 Å². The summed E-state index contributed by atoms with van der Waals surface area (Å²) in [6.45, 7) is 1.04. The number of hydrogen-bond acceptors (Lipinski definition) is 2. The highest BCUT2D eigenvalue weighted by atomic mass is 79.9. The molecule has 0 saturated carbocycles. The average molecular weight is 299 g/mol. The molecule has 2 nitrogen and oxygen atoms in total. The Balaban J connectivity index is 2.04. The van der Waals surface area contributed by atoms with Gasteiger partial charge in [0.25, 0.3) is 0 Å². The molecule has 0 atom stereocenters. The van der Waals surface area contributed by atoms with Gasteiger partial charge in [-0.3, -0.25) is 4.99 Å². The lowest BCUT2D eigenvalue weighted by Crippen LogP contribution is -2.13. The van der Waals surface area contributed by atoms with Crippen LogP contribution in [-0.4, -0.2) is 12.8 Å². The molecule has 0 N–H and O–H groups in total. The fourth-order valence-corrected chi connectivity index (χ4v) is 3.35. The monoisotopic (exact) mass is 298 g/mol. The van der Waals surface area contributed by atoms with Gasteiger partial charge in [0.2, 0.25) is 0 Å². The van der Waals surface area contributed by atoms with E-state index in [0.717, 1.165) is 23.1 Å². The molecule has 0 amide bonds. The van der Waals surface area contributed by atoms with Gasteiger partial charge in [-0.25, -0.2) is 0 Å². The van der Waals surface area contributed by atoms with Crippen LogP contribution in [0.1, 0.15) is 11.1 Å². The molecule has 4 rings (SSSR count). The van der Waals surface area contributed by atoms with Crippen LogP contribution in [0.15, 0.2) is 45.9 Å². The average Bonchev–Trinajstić information content (AvgIpc) is 2.72. The largest absolute Gasteiger partial charge is 0.339 e. The SMILES string of the molecule is Brc1cc2c3c(c1)CCN3c1ccccc1N=C2. The minimum Gasteiger partial charge on any atom is -0.339 e. The minimum absolute atomic E-state index is 1.04. The molecular formula is C15H11BrN2. The first-order valence-electron chi connectivity index (χ1n) is 6.06. The van der Waals surface area contributed by atoms with Crippen molar-refractivity contribution in [3.63, 3.8) is 0 Å². The van der Waals surface area contributed by atoms with Crippen LogP contribution in [0.2, 0.25) is 0 Å². The van der Waals surface area contributed by atoms with Gasteiger partial charge in [0.1, 0.15) is 0 Å². The number of hydrogen-bond donors (Lipinski definition) is 0. The Bertz CT molecular complexity index is 676. The number of benzene rings is 2. The van der Waals surface area contributed by atoms with Crippen molar-refractivity contribution in [1.29, 1.82) is 0 Å². The van der Waals surface area contributed by atoms with Crippen LogP contribution in [0, 0.1) is 0 Å². The highest BCUT2D eigenvalue weighted by Gasteiger charge is 2.26. The van der Waals surface area contributed by atoms with Crippen molar-refractivity contribution >= 4 is 39.2 Å². The van der Waals surface area contributed by atoms with Gasteiger partial charge in [0.15, 0.2) is 0 Å². The third-order valence-corrected chi connectivity index (χ3v) is 4.03. The lowest BCUT2D eigenvalue weighted by molar-refractivity contribution is 0.999. The summed E-state index contributed by atoms with van der Waals surface area (Å²) in [7, 11) is 0. The molecule has 2 heterocycles. The van der Waals surface area contributed by atoms with E-state index in [2.05, 4.69) is 56.2 Å². The predicted molar refractivity (Wildman–Crippen MR) is 78.5 cm³/mol. The van der Waals surface area contributed by atoms with Gasteiger partial charge in [0.05, 0.1) is 17.1 Å². The molecule has 0 aromatic heterocycles. The molecule has 2 aliphatic heterocycles. The Hall–Kier alpha value is -1.61. The molecule has 0 unspecified atom stereocenters. The summed E-state index contributed by atoms with van der Waals surface area (Å²) in [5, 5.41) is 0. The lowest BCUT2D eigenvalue weighted by atomic mass is 10.1. The first-order valence-corrected chi connectivity index (χ1v) is 6.85. The second kappa shape index (κ2) is 3.69. The maximum Gasteiger partial charge on any atom is 0.0866 e. The van der Waals surface area contributed by atoms with Crippen molar-refractivity contribution in [3.8, 4) is 0 Å². The molecule has 0 spiro atoms. The van der Waals surface area contributed by atoms with Crippen LogP contribution in [-0.2, 0) is 6.42 Å². The van der Waals surface area contributed by atoms with E-state index in [4.69, 9.17) is 0 Å². The van der Waals surface area contributed by atoms with Crippen molar-refractivity contribution in [3.05, 3.63) is 52.0 Å². The predicted octanol–water partition coefficient (Wildman–Crippen LogP) is 4.21. The van der Waals surface area contributed by atoms with Crippen LogP contribution in [0.4, 0.5) is 17.1 Å². The van der Waals surface area contributed by atoms with Crippen molar-refractivity contribution in [1.82, 2.24) is 0 Å². The smallest absolute Gasteiger partial charge is 0.0866 e. The molecule has 2 aromatic carbocycles. The van der Waals surface area contributed by atoms with Gasteiger partial charge in [-0.05, 0) is 36.2 Å². The van der Waals surface area contributed by atoms with E-state index in [1.54, 1.807) is 0 Å². The topological polar surface area (TPSA) is 15.6 Å². The summed E-state index contributed by atoms with van der Waals surface area (Å²) in [5.41, 5.74) is 6.20. The molecule has 2 aliphatic rings. The van der Waals surface area contributed by atoms with Gasteiger partial charge in [-0.15, -0.1) is 0 Å². The van der Waals surface area contributed by atoms with Gasteiger partial charge in [-0.2, -0.15) is 0 Å². The van der Waals surface area contributed by atoms with E-state index in [0.29, 0.717) is 0 Å². The van der Waals surface area contributed by atoms with E-state index in [1.165, 1.54) is 22.5 Å². The van der Waals surface area contributed by atoms with E-state index >= 15 is 0 Å². The molecule has 0 fully saturated rings. The molecule has 3 heteroatoms. The zero-order chi connectivity index (χ0) is 12.1. The fourth-order valence-electron chi connectivity index (χ4n) is 2.82. The molecular weight excluding hydrogens is 288 g/mol. The maximum absolute atomic E-state index is 4.61. The summed E-state index contributed by atoms with van der Waals surface area (Å²) >= 11 is 3.58. The Morgan fingerprint density at radius 1 is 1.17 bits per heavy atom. The molecule has 0 saturated heterocycles. The summed E-state index contributed by atoms with van der Waals surface area (Å²) in [6.07, 6.45) is 3.08. The normalized spacial score (nSPS) is 15.3. The fraction of sp³-hybridized carbons (Fsp3) is 0.133. The first kappa shape index (κ1) is 10.3. The van der Waals surface area contributed by atoms with Crippen molar-refractivity contribution < 1.29 is 0 Å². The minimum atomic E-state index is 1.04. The molecule has 2 aromatic rings. The van der Waals surface area contributed by atoms with Crippen LogP contribution in [0.3, 0.4) is 0 Å². The highest BCUT2D eigenvalue weighted by Crippen LogP contribution is 2.43. The number of anilines is 2. The standard InChI is InChI=1S/C15H11BrN2/c16-12-7-10-5-6-18-14-4-2-1-3-13(14)17-9-11(8-12)15(10)18/h1-4,7-9H,5-6H2. The zero-order valence-corrected chi connectivity index (χ0v) is 11.3. The van der Waals surface area contributed by atoms with E-state index in [-0.39, 0.29) is 0 Å². The zero-order valence-electron chi connectivity index (χ0n) is 9.73. The molecule has 0 bridgehead atoms. The summed E-state index contributed by atoms with van der Waals surface area (Å²) in [6, 6.07) is 12.7. The molecule has 0 radical (unpaired) electrons. The van der Waals surface area contributed by atoms with Crippen molar-refractivity contribution in [2.75, 3.05) is 11.4 Å². The third kappa shape index (κ3) is 1.37. The molecule has 18 heavy (non-hydrogen) atoms. The Morgan fingerprint density at radius 3 is 3.00 bits per heavy atom. The molecule has 0 aliphatic carbocycles. The maximum atomic E-state index is 4.61. The Kier molecular flexibility index (Phi) is 2.12. The van der Waals surface area contributed by atoms with Gasteiger partial charge in [0, 0.05) is 22.8 Å². The quantitative estimate of drug-likeness (QED) is 0.711. The van der Waals surface area contributed by atoms with Crippen molar-refractivity contribution in [2.24, 2.45) is 4.99 Å². The van der Waals surface area contributed by atoms with E-state index in [9.17, 15) is 0 Å². The Labute approximate surface area is 114 Å². The van der Waals surface area contributed by atoms with E-state index in [1.807, 2.05) is 12.3 Å². The van der Waals surface area contributed by atoms with Crippen LogP contribution in [0.25, 0.3) is 0 Å². The number of halogens is 1. The highest BCUT2D eigenvalue weighted by molar-refractivity contribution is 9.10. The van der Waals surface area contributed by atoms with Gasteiger partial charge >= 0.3 is 0 Å². The first-order chi connectivity index (χ1) is 8.83. The number of nitrogens with zero attached hydrogens (tertiary/aromatic N) is 2. The lowest BCUT2D eigenvalue weighted by Gasteiger charge is -2.20. The van der Waals surface area contributed by atoms with Gasteiger partial charge < -0.3 is 4.90 Å². The Morgan fingerprint density at radius 2 is 2.06 bits per heavy atom. The second-order valence-electron chi connectivity index (χ2n) is 4.65. The van der Waals surface area contributed by atoms with E-state index < -0.39 is 0 Å². The second-order valence-corrected chi connectivity index (χ2v) is 5.57. The van der Waals surface area contributed by atoms with Crippen LogP contribution < -0.4 is 4.90 Å². The van der Waals surface area contributed by atoms with Crippen molar-refractivity contribution in [2.45, 2.75) is 6.42 Å². The number of rotatable bonds is 0. The number of fused-ring (bicyclic) bond motifs is 2.